The van der Waals surface area contributed by atoms with Crippen molar-refractivity contribution >= 4 is 28.9 Å². The highest BCUT2D eigenvalue weighted by Crippen LogP contribution is 2.17. The van der Waals surface area contributed by atoms with Crippen molar-refractivity contribution in [2.24, 2.45) is 0 Å². The Bertz CT molecular complexity index is 692. The van der Waals surface area contributed by atoms with Crippen molar-refractivity contribution in [1.82, 2.24) is 10.9 Å². The molecular formula is C16H16FN3O2S. The SMILES string of the molecule is COc1ccccc1CC(=O)NNC(=S)Nc1ccc(F)cc1. The Morgan fingerprint density at radius 3 is 2.52 bits per heavy atom. The molecule has 5 nitrogen and oxygen atoms in total. The molecule has 0 saturated heterocycles. The monoisotopic (exact) mass is 333 g/mol. The lowest BCUT2D eigenvalue weighted by molar-refractivity contribution is -0.121. The number of thiocarbonyl (C=S) groups is 1. The number of methoxy groups -OCH3 is 1. The van der Waals surface area contributed by atoms with Gasteiger partial charge in [-0.15, -0.1) is 0 Å². The van der Waals surface area contributed by atoms with Gasteiger partial charge in [-0.2, -0.15) is 0 Å². The summed E-state index contributed by atoms with van der Waals surface area (Å²) < 4.78 is 18.0. The van der Waals surface area contributed by atoms with E-state index in [1.54, 1.807) is 25.3 Å². The smallest absolute Gasteiger partial charge is 0.242 e. The van der Waals surface area contributed by atoms with Crippen LogP contribution >= 0.6 is 12.2 Å². The molecule has 2 aromatic carbocycles. The van der Waals surface area contributed by atoms with Crippen LogP contribution in [0.3, 0.4) is 0 Å². The van der Waals surface area contributed by atoms with E-state index in [2.05, 4.69) is 16.2 Å². The van der Waals surface area contributed by atoms with Crippen LogP contribution in [-0.4, -0.2) is 18.1 Å². The summed E-state index contributed by atoms with van der Waals surface area (Å²) >= 11 is 5.05. The highest BCUT2D eigenvalue weighted by atomic mass is 32.1. The van der Waals surface area contributed by atoms with E-state index in [1.807, 2.05) is 18.2 Å². The third-order valence-electron chi connectivity index (χ3n) is 2.96. The molecule has 0 aliphatic rings. The average Bonchev–Trinajstić information content (AvgIpc) is 2.55. The molecule has 0 bridgehead atoms. The second-order valence-corrected chi connectivity index (χ2v) is 5.03. The number of anilines is 1. The molecule has 0 unspecified atom stereocenters. The fourth-order valence-corrected chi connectivity index (χ4v) is 2.06. The molecule has 0 radical (unpaired) electrons. The van der Waals surface area contributed by atoms with Gasteiger partial charge in [0.1, 0.15) is 11.6 Å². The molecular weight excluding hydrogens is 317 g/mol. The number of hydrazine groups is 1. The molecule has 0 spiro atoms. The van der Waals surface area contributed by atoms with Crippen molar-refractivity contribution in [2.75, 3.05) is 12.4 Å². The Labute approximate surface area is 138 Å². The van der Waals surface area contributed by atoms with Gasteiger partial charge >= 0.3 is 0 Å². The summed E-state index contributed by atoms with van der Waals surface area (Å²) in [5, 5.41) is 3.02. The summed E-state index contributed by atoms with van der Waals surface area (Å²) in [4.78, 5) is 11.9. The average molecular weight is 333 g/mol. The summed E-state index contributed by atoms with van der Waals surface area (Å²) in [6.07, 6.45) is 0.149. The molecule has 120 valence electrons. The van der Waals surface area contributed by atoms with E-state index >= 15 is 0 Å². The first-order chi connectivity index (χ1) is 11.1. The van der Waals surface area contributed by atoms with Crippen molar-refractivity contribution in [1.29, 1.82) is 0 Å². The summed E-state index contributed by atoms with van der Waals surface area (Å²) in [5.41, 5.74) is 6.46. The van der Waals surface area contributed by atoms with E-state index in [0.29, 0.717) is 11.4 Å². The quantitative estimate of drug-likeness (QED) is 0.592. The van der Waals surface area contributed by atoms with Crippen LogP contribution in [0.15, 0.2) is 48.5 Å². The Balaban J connectivity index is 1.82. The third-order valence-corrected chi connectivity index (χ3v) is 3.17. The molecule has 7 heteroatoms. The van der Waals surface area contributed by atoms with Crippen LogP contribution in [0.5, 0.6) is 5.75 Å². The molecule has 23 heavy (non-hydrogen) atoms. The van der Waals surface area contributed by atoms with Crippen LogP contribution in [0.2, 0.25) is 0 Å². The van der Waals surface area contributed by atoms with Crippen molar-refractivity contribution in [2.45, 2.75) is 6.42 Å². The fourth-order valence-electron chi connectivity index (χ4n) is 1.89. The third kappa shape index (κ3) is 5.23. The van der Waals surface area contributed by atoms with Crippen LogP contribution in [-0.2, 0) is 11.2 Å². The van der Waals surface area contributed by atoms with Gasteiger partial charge in [-0.05, 0) is 42.5 Å². The molecule has 3 N–H and O–H groups in total. The molecule has 0 atom stereocenters. The number of hydrogen-bond acceptors (Lipinski definition) is 3. The van der Waals surface area contributed by atoms with Gasteiger partial charge in [0, 0.05) is 11.3 Å². The zero-order valence-electron chi connectivity index (χ0n) is 12.4. The summed E-state index contributed by atoms with van der Waals surface area (Å²) in [6, 6.07) is 13.0. The number of nitrogens with one attached hydrogen (secondary N) is 3. The van der Waals surface area contributed by atoms with E-state index in [4.69, 9.17) is 17.0 Å². The zero-order valence-corrected chi connectivity index (χ0v) is 13.2. The first kappa shape index (κ1) is 16.7. The van der Waals surface area contributed by atoms with Gasteiger partial charge in [0.25, 0.3) is 0 Å². The Morgan fingerprint density at radius 2 is 1.83 bits per heavy atom. The van der Waals surface area contributed by atoms with Gasteiger partial charge in [0.2, 0.25) is 5.91 Å². The highest BCUT2D eigenvalue weighted by molar-refractivity contribution is 7.80. The van der Waals surface area contributed by atoms with Crippen molar-refractivity contribution in [3.05, 3.63) is 59.9 Å². The lowest BCUT2D eigenvalue weighted by Crippen LogP contribution is -2.44. The van der Waals surface area contributed by atoms with Crippen LogP contribution in [0.1, 0.15) is 5.56 Å². The van der Waals surface area contributed by atoms with Crippen LogP contribution in [0.25, 0.3) is 0 Å². The van der Waals surface area contributed by atoms with E-state index in [-0.39, 0.29) is 23.3 Å². The van der Waals surface area contributed by atoms with Gasteiger partial charge < -0.3 is 10.1 Å². The predicted molar refractivity (Wildman–Crippen MR) is 90.6 cm³/mol. The molecule has 0 heterocycles. The molecule has 1 amide bonds. The first-order valence-electron chi connectivity index (χ1n) is 6.82. The van der Waals surface area contributed by atoms with E-state index in [0.717, 1.165) is 5.56 Å². The number of halogens is 1. The lowest BCUT2D eigenvalue weighted by atomic mass is 10.1. The molecule has 0 aliphatic heterocycles. The number of hydrogen-bond donors (Lipinski definition) is 3. The second kappa shape index (κ2) is 8.09. The van der Waals surface area contributed by atoms with Crippen molar-refractivity contribution in [3.63, 3.8) is 0 Å². The van der Waals surface area contributed by atoms with Crippen LogP contribution < -0.4 is 20.9 Å². The molecule has 2 rings (SSSR count). The zero-order chi connectivity index (χ0) is 16.7. The first-order valence-corrected chi connectivity index (χ1v) is 7.22. The fraction of sp³-hybridized carbons (Fsp3) is 0.125. The maximum Gasteiger partial charge on any atom is 0.242 e. The number of rotatable bonds is 4. The van der Waals surface area contributed by atoms with E-state index in [9.17, 15) is 9.18 Å². The minimum absolute atomic E-state index is 0.149. The van der Waals surface area contributed by atoms with Crippen molar-refractivity contribution in [3.8, 4) is 5.75 Å². The molecule has 0 aromatic heterocycles. The molecule has 0 saturated carbocycles. The minimum Gasteiger partial charge on any atom is -0.496 e. The van der Waals surface area contributed by atoms with Gasteiger partial charge in [0.05, 0.1) is 13.5 Å². The normalized spacial score (nSPS) is 9.83. The molecule has 0 aliphatic carbocycles. The number of carbonyl (C=O) groups excluding carboxylic acids is 1. The number of ether oxygens (including phenoxy) is 1. The molecule has 2 aromatic rings. The number of amides is 1. The largest absolute Gasteiger partial charge is 0.496 e. The number of para-hydroxylation sites is 1. The summed E-state index contributed by atoms with van der Waals surface area (Å²) in [5.74, 6) is 0.0481. The maximum atomic E-state index is 12.8. The van der Waals surface area contributed by atoms with Gasteiger partial charge in [0.15, 0.2) is 5.11 Å². The van der Waals surface area contributed by atoms with Crippen LogP contribution in [0, 0.1) is 5.82 Å². The standard InChI is InChI=1S/C16H16FN3O2S/c1-22-14-5-3-2-4-11(14)10-15(21)19-20-16(23)18-13-8-6-12(17)7-9-13/h2-9H,10H2,1H3,(H,19,21)(H2,18,20,23). The topological polar surface area (TPSA) is 62.4 Å². The van der Waals surface area contributed by atoms with E-state index in [1.165, 1.54) is 12.1 Å². The minimum atomic E-state index is -0.334. The summed E-state index contributed by atoms with van der Waals surface area (Å²) in [7, 11) is 1.55. The van der Waals surface area contributed by atoms with Crippen molar-refractivity contribution < 1.29 is 13.9 Å². The maximum absolute atomic E-state index is 12.8. The van der Waals surface area contributed by atoms with Gasteiger partial charge in [-0.25, -0.2) is 4.39 Å². The Morgan fingerprint density at radius 1 is 1.13 bits per heavy atom. The number of carbonyl (C=O) groups is 1. The van der Waals surface area contributed by atoms with Gasteiger partial charge in [-0.1, -0.05) is 18.2 Å². The Hall–Kier alpha value is -2.67. The molecule has 0 fully saturated rings. The van der Waals surface area contributed by atoms with Crippen LogP contribution in [0.4, 0.5) is 10.1 Å². The Kier molecular flexibility index (Phi) is 5.87. The summed E-state index contributed by atoms with van der Waals surface area (Å²) in [6.45, 7) is 0. The lowest BCUT2D eigenvalue weighted by Gasteiger charge is -2.12. The highest BCUT2D eigenvalue weighted by Gasteiger charge is 2.08. The van der Waals surface area contributed by atoms with E-state index < -0.39 is 0 Å². The number of benzene rings is 2. The second-order valence-electron chi connectivity index (χ2n) is 4.62. The van der Waals surface area contributed by atoms with Gasteiger partial charge in [-0.3, -0.25) is 15.6 Å². The predicted octanol–water partition coefficient (Wildman–Crippen LogP) is 2.39.